The number of carbonyl (C=O) groups is 3. The molecule has 0 fully saturated rings. The Balaban J connectivity index is 4.34. The molecule has 0 heterocycles. The molecule has 0 aliphatic heterocycles. The predicted octanol–water partition coefficient (Wildman–Crippen LogP) is 12.5. The highest BCUT2D eigenvalue weighted by atomic mass is 16.6. The zero-order valence-electron chi connectivity index (χ0n) is 37.5. The van der Waals surface area contributed by atoms with E-state index in [-0.39, 0.29) is 36.2 Å². The number of quaternary nitrogens is 1. The molecular formula is C50H84NO7+. The Hall–Kier alpha value is -3.49. The van der Waals surface area contributed by atoms with E-state index in [9.17, 15) is 19.5 Å². The van der Waals surface area contributed by atoms with Crippen LogP contribution in [0.4, 0.5) is 0 Å². The zero-order valence-corrected chi connectivity index (χ0v) is 37.5. The summed E-state index contributed by atoms with van der Waals surface area (Å²) in [5.74, 6) is -1.53. The Bertz CT molecular complexity index is 1220. The van der Waals surface area contributed by atoms with Crippen molar-refractivity contribution in [3.63, 3.8) is 0 Å². The third kappa shape index (κ3) is 38.1. The number of hydrogen-bond acceptors (Lipinski definition) is 6. The van der Waals surface area contributed by atoms with Crippen LogP contribution in [0.15, 0.2) is 85.1 Å². The monoisotopic (exact) mass is 811 g/mol. The topological polar surface area (TPSA) is 99.1 Å². The van der Waals surface area contributed by atoms with Gasteiger partial charge in [-0.1, -0.05) is 163 Å². The average molecular weight is 811 g/mol. The molecule has 0 aliphatic rings. The molecule has 0 saturated heterocycles. The molecule has 0 saturated carbocycles. The molecule has 8 heteroatoms. The summed E-state index contributed by atoms with van der Waals surface area (Å²) in [5, 5.41) is 9.62. The van der Waals surface area contributed by atoms with Gasteiger partial charge < -0.3 is 23.8 Å². The summed E-state index contributed by atoms with van der Waals surface area (Å²) in [4.78, 5) is 37.0. The van der Waals surface area contributed by atoms with Gasteiger partial charge in [-0.15, -0.1) is 0 Å². The van der Waals surface area contributed by atoms with Gasteiger partial charge in [0.25, 0.3) is 0 Å². The van der Waals surface area contributed by atoms with Gasteiger partial charge in [0, 0.05) is 19.3 Å². The van der Waals surface area contributed by atoms with Crippen molar-refractivity contribution in [2.24, 2.45) is 0 Å². The van der Waals surface area contributed by atoms with Crippen molar-refractivity contribution in [1.82, 2.24) is 0 Å². The molecule has 0 rings (SSSR count). The van der Waals surface area contributed by atoms with Crippen LogP contribution in [0.1, 0.15) is 162 Å². The molecule has 0 aliphatic carbocycles. The van der Waals surface area contributed by atoms with Crippen molar-refractivity contribution in [2.75, 3.05) is 41.0 Å². The Morgan fingerprint density at radius 2 is 1.00 bits per heavy atom. The summed E-state index contributed by atoms with van der Waals surface area (Å²) in [6, 6.07) is -0.625. The number of esters is 2. The zero-order chi connectivity index (χ0) is 42.8. The van der Waals surface area contributed by atoms with Gasteiger partial charge in [0.15, 0.2) is 12.1 Å². The first-order chi connectivity index (χ1) is 28.1. The number of unbranched alkanes of at least 4 members (excludes halogenated alkanes) is 14. The van der Waals surface area contributed by atoms with Gasteiger partial charge in [0.2, 0.25) is 0 Å². The van der Waals surface area contributed by atoms with E-state index in [1.165, 1.54) is 57.8 Å². The van der Waals surface area contributed by atoms with Crippen LogP contribution in [0, 0.1) is 0 Å². The maximum Gasteiger partial charge on any atom is 0.362 e. The highest BCUT2D eigenvalue weighted by Gasteiger charge is 2.31. The molecule has 0 aromatic carbocycles. The van der Waals surface area contributed by atoms with Gasteiger partial charge in [0.1, 0.15) is 6.61 Å². The Labute approximate surface area is 354 Å². The molecule has 8 nitrogen and oxygen atoms in total. The smallest absolute Gasteiger partial charge is 0.362 e. The van der Waals surface area contributed by atoms with E-state index in [4.69, 9.17) is 14.2 Å². The summed E-state index contributed by atoms with van der Waals surface area (Å²) in [6.07, 6.45) is 52.0. The van der Waals surface area contributed by atoms with Gasteiger partial charge >= 0.3 is 17.9 Å². The van der Waals surface area contributed by atoms with Crippen molar-refractivity contribution >= 4 is 17.9 Å². The fourth-order valence-corrected chi connectivity index (χ4v) is 6.17. The molecule has 2 unspecified atom stereocenters. The summed E-state index contributed by atoms with van der Waals surface area (Å²) in [5.41, 5.74) is 0. The Morgan fingerprint density at radius 1 is 0.534 bits per heavy atom. The minimum Gasteiger partial charge on any atom is -0.477 e. The molecular weight excluding hydrogens is 727 g/mol. The standard InChI is InChI=1S/C50H83NO7/c1-6-8-10-12-14-16-18-20-21-22-23-24-25-26-27-29-31-33-35-37-39-41-49(53)58-46(44-56-43-42-47(50(54)55)51(3,4)5)45-57-48(52)40-38-36-34-32-30-28-19-17-15-13-11-9-7-2/h8-11,13-17,19-21,28,30,46-47H,6-7,12,18,22-27,29,31-45H2,1-5H3/p+1/b10-8+,11-9+,15-13+,16-14+,19-17+,21-20+,30-28+. The van der Waals surface area contributed by atoms with E-state index in [0.29, 0.717) is 19.3 Å². The number of carboxylic acid groups (broad SMARTS) is 1. The first-order valence-electron chi connectivity index (χ1n) is 22.7. The van der Waals surface area contributed by atoms with Crippen LogP contribution in [0.3, 0.4) is 0 Å². The van der Waals surface area contributed by atoms with Gasteiger partial charge in [-0.05, 0) is 64.2 Å². The molecule has 0 spiro atoms. The van der Waals surface area contributed by atoms with Crippen molar-refractivity contribution < 1.29 is 38.2 Å². The lowest BCUT2D eigenvalue weighted by molar-refractivity contribution is -0.887. The number of nitrogens with zero attached hydrogens (tertiary/aromatic N) is 1. The number of likely N-dealkylation sites (N-methyl/N-ethyl adjacent to an activating group) is 1. The molecule has 330 valence electrons. The average Bonchev–Trinajstić information content (AvgIpc) is 3.18. The van der Waals surface area contributed by atoms with E-state index in [2.05, 4.69) is 62.5 Å². The minimum absolute atomic E-state index is 0.0427. The lowest BCUT2D eigenvalue weighted by Gasteiger charge is -2.31. The molecule has 0 bridgehead atoms. The number of carboxylic acids is 1. The number of rotatable bonds is 39. The minimum atomic E-state index is -0.885. The lowest BCUT2D eigenvalue weighted by atomic mass is 10.0. The first kappa shape index (κ1) is 54.5. The maximum absolute atomic E-state index is 12.7. The number of aliphatic carboxylic acids is 1. The second kappa shape index (κ2) is 40.3. The summed E-state index contributed by atoms with van der Waals surface area (Å²) in [6.45, 7) is 4.43. The molecule has 0 aromatic heterocycles. The van der Waals surface area contributed by atoms with Gasteiger partial charge in [-0.2, -0.15) is 0 Å². The number of carbonyl (C=O) groups excluding carboxylic acids is 2. The maximum atomic E-state index is 12.7. The fraction of sp³-hybridized carbons (Fsp3) is 0.660. The van der Waals surface area contributed by atoms with Crippen molar-refractivity contribution in [3.05, 3.63) is 85.1 Å². The molecule has 0 aromatic rings. The molecule has 0 radical (unpaired) electrons. The molecule has 58 heavy (non-hydrogen) atoms. The predicted molar refractivity (Wildman–Crippen MR) is 243 cm³/mol. The van der Waals surface area contributed by atoms with Gasteiger partial charge in [-0.25, -0.2) is 4.79 Å². The Morgan fingerprint density at radius 3 is 1.57 bits per heavy atom. The van der Waals surface area contributed by atoms with E-state index in [1.54, 1.807) is 0 Å². The van der Waals surface area contributed by atoms with Crippen LogP contribution >= 0.6 is 0 Å². The molecule has 2 atom stereocenters. The Kier molecular flexibility index (Phi) is 37.9. The van der Waals surface area contributed by atoms with E-state index in [1.807, 2.05) is 57.6 Å². The van der Waals surface area contributed by atoms with E-state index in [0.717, 1.165) is 70.6 Å². The normalized spacial score (nSPS) is 13.7. The molecule has 1 N–H and O–H groups in total. The van der Waals surface area contributed by atoms with Crippen molar-refractivity contribution in [3.8, 4) is 0 Å². The lowest BCUT2D eigenvalue weighted by Crippen LogP contribution is -2.50. The van der Waals surface area contributed by atoms with E-state index < -0.39 is 18.1 Å². The van der Waals surface area contributed by atoms with Crippen LogP contribution in [0.25, 0.3) is 0 Å². The fourth-order valence-electron chi connectivity index (χ4n) is 6.17. The van der Waals surface area contributed by atoms with Gasteiger partial charge in [0.05, 0.1) is 34.4 Å². The summed E-state index contributed by atoms with van der Waals surface area (Å²) in [7, 11) is 5.50. The number of ether oxygens (including phenoxy) is 3. The largest absolute Gasteiger partial charge is 0.477 e. The second-order valence-electron chi connectivity index (χ2n) is 16.0. The van der Waals surface area contributed by atoms with Crippen LogP contribution in [0.5, 0.6) is 0 Å². The van der Waals surface area contributed by atoms with Crippen LogP contribution in [0.2, 0.25) is 0 Å². The highest BCUT2D eigenvalue weighted by Crippen LogP contribution is 2.14. The second-order valence-corrected chi connectivity index (χ2v) is 16.0. The third-order valence-electron chi connectivity index (χ3n) is 9.63. The van der Waals surface area contributed by atoms with Gasteiger partial charge in [-0.3, -0.25) is 9.59 Å². The van der Waals surface area contributed by atoms with Crippen molar-refractivity contribution in [2.45, 2.75) is 174 Å². The number of allylic oxidation sites excluding steroid dienone is 14. The third-order valence-corrected chi connectivity index (χ3v) is 9.63. The summed E-state index contributed by atoms with van der Waals surface area (Å²) >= 11 is 0. The van der Waals surface area contributed by atoms with Crippen LogP contribution in [-0.2, 0) is 28.6 Å². The number of hydrogen-bond donors (Lipinski definition) is 1. The van der Waals surface area contributed by atoms with Crippen LogP contribution in [-0.4, -0.2) is 80.6 Å². The first-order valence-corrected chi connectivity index (χ1v) is 22.7. The van der Waals surface area contributed by atoms with E-state index >= 15 is 0 Å². The van der Waals surface area contributed by atoms with Crippen molar-refractivity contribution in [1.29, 1.82) is 0 Å². The highest BCUT2D eigenvalue weighted by molar-refractivity contribution is 5.72. The quantitative estimate of drug-likeness (QED) is 0.0217. The SMILES string of the molecule is CC/C=C/C=C/C=C/C=C/CCCCCC(=O)OCC(COCCC(C(=O)O)[N+](C)(C)C)OC(=O)CCCCCCCCCCCCC/C=C/C/C=C/C/C=C/CC. The molecule has 0 amide bonds. The van der Waals surface area contributed by atoms with Crippen LogP contribution < -0.4 is 0 Å². The summed E-state index contributed by atoms with van der Waals surface area (Å²) < 4.78 is 17.2.